The van der Waals surface area contributed by atoms with Crippen LogP contribution >= 0.6 is 0 Å². The fourth-order valence-electron chi connectivity index (χ4n) is 6.21. The van der Waals surface area contributed by atoms with E-state index in [0.717, 1.165) is 44.3 Å². The smallest absolute Gasteiger partial charge is 0.169 e. The van der Waals surface area contributed by atoms with Crippen LogP contribution in [0.2, 0.25) is 0 Å². The SMILES string of the molecule is Nc1nnc(-c2ccccc2O)cc1N1CC2CC1CN(c1cccc(CC3CCNCC3)c1)C2. The van der Waals surface area contributed by atoms with E-state index in [2.05, 4.69) is 49.6 Å². The predicted molar refractivity (Wildman–Crippen MR) is 141 cm³/mol. The lowest BCUT2D eigenvalue weighted by Crippen LogP contribution is -2.42. The van der Waals surface area contributed by atoms with E-state index in [-0.39, 0.29) is 5.75 Å². The molecule has 35 heavy (non-hydrogen) atoms. The molecule has 0 spiro atoms. The van der Waals surface area contributed by atoms with Gasteiger partial charge in [-0.2, -0.15) is 0 Å². The average molecular weight is 471 g/mol. The Labute approximate surface area is 207 Å². The van der Waals surface area contributed by atoms with Crippen molar-refractivity contribution in [3.8, 4) is 17.0 Å². The van der Waals surface area contributed by atoms with Gasteiger partial charge >= 0.3 is 0 Å². The van der Waals surface area contributed by atoms with E-state index in [4.69, 9.17) is 5.73 Å². The number of fused-ring (bicyclic) bond motifs is 2. The highest BCUT2D eigenvalue weighted by Crippen LogP contribution is 2.39. The molecule has 3 aliphatic rings. The molecule has 4 N–H and O–H groups in total. The van der Waals surface area contributed by atoms with E-state index < -0.39 is 0 Å². The molecule has 7 nitrogen and oxygen atoms in total. The molecule has 3 fully saturated rings. The van der Waals surface area contributed by atoms with Crippen molar-refractivity contribution < 1.29 is 5.11 Å². The van der Waals surface area contributed by atoms with Gasteiger partial charge in [-0.3, -0.25) is 0 Å². The number of nitrogen functional groups attached to an aromatic ring is 1. The molecular weight excluding hydrogens is 436 g/mol. The Hall–Kier alpha value is -3.32. The van der Waals surface area contributed by atoms with Crippen molar-refractivity contribution in [2.75, 3.05) is 48.3 Å². The first kappa shape index (κ1) is 22.2. The Bertz CT molecular complexity index is 1190. The lowest BCUT2D eigenvalue weighted by atomic mass is 9.90. The molecule has 4 heterocycles. The number of nitrogens with two attached hydrogens (primary N) is 1. The molecule has 6 rings (SSSR count). The largest absolute Gasteiger partial charge is 0.507 e. The second-order valence-electron chi connectivity index (χ2n) is 10.4. The molecule has 2 bridgehead atoms. The van der Waals surface area contributed by atoms with Crippen molar-refractivity contribution in [2.24, 2.45) is 11.8 Å². The first-order valence-electron chi connectivity index (χ1n) is 12.9. The second kappa shape index (κ2) is 9.38. The number of aromatic nitrogens is 2. The van der Waals surface area contributed by atoms with Gasteiger partial charge in [-0.1, -0.05) is 24.3 Å². The summed E-state index contributed by atoms with van der Waals surface area (Å²) in [5.74, 6) is 2.03. The zero-order valence-corrected chi connectivity index (χ0v) is 20.1. The standard InChI is InChI=1S/C28H34N6O/c29-28-26(15-25(31-32-28)24-6-1-2-7-27(24)35)34-17-21-14-23(34)18-33(16-21)22-5-3-4-20(13-22)12-19-8-10-30-11-9-19/h1-7,13,15,19,21,23,30,35H,8-12,14,16-18H2,(H2,29,32). The van der Waals surface area contributed by atoms with Crippen molar-refractivity contribution in [1.82, 2.24) is 15.5 Å². The quantitative estimate of drug-likeness (QED) is 0.524. The third-order valence-electron chi connectivity index (χ3n) is 7.96. The molecule has 1 aromatic heterocycles. The number of hydrogen-bond donors (Lipinski definition) is 3. The van der Waals surface area contributed by atoms with Gasteiger partial charge in [0.1, 0.15) is 5.75 Å². The molecule has 2 atom stereocenters. The van der Waals surface area contributed by atoms with Crippen LogP contribution in [0, 0.1) is 11.8 Å². The molecule has 7 heteroatoms. The maximum absolute atomic E-state index is 10.3. The zero-order valence-electron chi connectivity index (χ0n) is 20.1. The monoisotopic (exact) mass is 470 g/mol. The molecule has 182 valence electrons. The number of aromatic hydroxyl groups is 1. The highest BCUT2D eigenvalue weighted by molar-refractivity contribution is 5.74. The van der Waals surface area contributed by atoms with Crippen LogP contribution < -0.4 is 20.9 Å². The van der Waals surface area contributed by atoms with Crippen LogP contribution in [0.25, 0.3) is 11.3 Å². The summed E-state index contributed by atoms with van der Waals surface area (Å²) in [5.41, 5.74) is 11.4. The van der Waals surface area contributed by atoms with Gasteiger partial charge in [-0.25, -0.2) is 0 Å². The topological polar surface area (TPSA) is 90.5 Å². The maximum Gasteiger partial charge on any atom is 0.169 e. The number of nitrogens with one attached hydrogen (secondary N) is 1. The molecule has 3 aromatic rings. The number of nitrogens with zero attached hydrogens (tertiary/aromatic N) is 4. The van der Waals surface area contributed by atoms with Crippen LogP contribution in [0.1, 0.15) is 24.8 Å². The van der Waals surface area contributed by atoms with Crippen LogP contribution in [-0.2, 0) is 6.42 Å². The molecular formula is C28H34N6O. The summed E-state index contributed by atoms with van der Waals surface area (Å²) >= 11 is 0. The maximum atomic E-state index is 10.3. The molecule has 2 aromatic carbocycles. The summed E-state index contributed by atoms with van der Waals surface area (Å²) in [6.07, 6.45) is 4.89. The van der Waals surface area contributed by atoms with Crippen LogP contribution in [0.15, 0.2) is 54.6 Å². The fourth-order valence-corrected chi connectivity index (χ4v) is 6.21. The number of benzene rings is 2. The van der Waals surface area contributed by atoms with Crippen molar-refractivity contribution in [3.63, 3.8) is 0 Å². The summed E-state index contributed by atoms with van der Waals surface area (Å²) in [7, 11) is 0. The van der Waals surface area contributed by atoms with E-state index >= 15 is 0 Å². The number of phenols is 1. The first-order valence-corrected chi connectivity index (χ1v) is 12.9. The number of piperidine rings is 2. The molecule has 0 aliphatic carbocycles. The van der Waals surface area contributed by atoms with Crippen molar-refractivity contribution in [1.29, 1.82) is 0 Å². The van der Waals surface area contributed by atoms with Gasteiger partial charge in [-0.15, -0.1) is 10.2 Å². The molecule has 0 saturated carbocycles. The summed E-state index contributed by atoms with van der Waals surface area (Å²) in [4.78, 5) is 4.97. The number of para-hydroxylation sites is 1. The van der Waals surface area contributed by atoms with Gasteiger partial charge in [0.2, 0.25) is 0 Å². The summed E-state index contributed by atoms with van der Waals surface area (Å²) < 4.78 is 0. The van der Waals surface area contributed by atoms with E-state index in [1.807, 2.05) is 24.3 Å². The Balaban J connectivity index is 1.21. The molecule has 2 unspecified atom stereocenters. The van der Waals surface area contributed by atoms with Crippen LogP contribution in [0.5, 0.6) is 5.75 Å². The van der Waals surface area contributed by atoms with Gasteiger partial charge in [0.05, 0.1) is 11.4 Å². The lowest BCUT2D eigenvalue weighted by molar-refractivity contribution is 0.372. The summed E-state index contributed by atoms with van der Waals surface area (Å²) in [5, 5.41) is 22.3. The Kier molecular flexibility index (Phi) is 5.94. The molecule has 0 radical (unpaired) electrons. The zero-order chi connectivity index (χ0) is 23.8. The fraction of sp³-hybridized carbons (Fsp3) is 0.429. The summed E-state index contributed by atoms with van der Waals surface area (Å²) in [6.45, 7) is 5.30. The first-order chi connectivity index (χ1) is 17.1. The lowest BCUT2D eigenvalue weighted by Gasteiger charge is -2.35. The number of rotatable bonds is 5. The Morgan fingerprint density at radius 3 is 2.69 bits per heavy atom. The van der Waals surface area contributed by atoms with E-state index in [1.165, 1.54) is 36.9 Å². The third kappa shape index (κ3) is 4.52. The number of hydrogen-bond acceptors (Lipinski definition) is 7. The van der Waals surface area contributed by atoms with Crippen LogP contribution in [0.4, 0.5) is 17.2 Å². The molecule has 3 saturated heterocycles. The highest BCUT2D eigenvalue weighted by Gasteiger charge is 2.39. The molecule has 0 amide bonds. The Morgan fingerprint density at radius 2 is 1.83 bits per heavy atom. The van der Waals surface area contributed by atoms with Gasteiger partial charge < -0.3 is 26.0 Å². The van der Waals surface area contributed by atoms with Gasteiger partial charge in [0, 0.05) is 36.9 Å². The number of phenolic OH excluding ortho intramolecular Hbond substituents is 1. The van der Waals surface area contributed by atoms with Crippen LogP contribution in [-0.4, -0.2) is 54.1 Å². The highest BCUT2D eigenvalue weighted by atomic mass is 16.3. The van der Waals surface area contributed by atoms with Gasteiger partial charge in [-0.05, 0) is 86.5 Å². The summed E-state index contributed by atoms with van der Waals surface area (Å²) in [6, 6.07) is 18.8. The van der Waals surface area contributed by atoms with Crippen LogP contribution in [0.3, 0.4) is 0 Å². The minimum absolute atomic E-state index is 0.202. The number of anilines is 3. The van der Waals surface area contributed by atoms with E-state index in [9.17, 15) is 5.11 Å². The van der Waals surface area contributed by atoms with E-state index in [0.29, 0.717) is 29.0 Å². The Morgan fingerprint density at radius 1 is 0.971 bits per heavy atom. The van der Waals surface area contributed by atoms with Crippen molar-refractivity contribution >= 4 is 17.2 Å². The molecule has 3 aliphatic heterocycles. The average Bonchev–Trinajstić information content (AvgIpc) is 3.18. The van der Waals surface area contributed by atoms with Crippen molar-refractivity contribution in [2.45, 2.75) is 31.7 Å². The van der Waals surface area contributed by atoms with Gasteiger partial charge in [0.25, 0.3) is 0 Å². The normalized spacial score (nSPS) is 22.5. The second-order valence-corrected chi connectivity index (χ2v) is 10.4. The van der Waals surface area contributed by atoms with Crippen molar-refractivity contribution in [3.05, 3.63) is 60.2 Å². The van der Waals surface area contributed by atoms with Gasteiger partial charge in [0.15, 0.2) is 5.82 Å². The minimum Gasteiger partial charge on any atom is -0.507 e. The predicted octanol–water partition coefficient (Wildman–Crippen LogP) is 3.69. The van der Waals surface area contributed by atoms with E-state index in [1.54, 1.807) is 6.07 Å². The third-order valence-corrected chi connectivity index (χ3v) is 7.96. The minimum atomic E-state index is 0.202.